The van der Waals surface area contributed by atoms with Crippen molar-refractivity contribution < 1.29 is 14.3 Å². The summed E-state index contributed by atoms with van der Waals surface area (Å²) in [6.07, 6.45) is 1.70. The molecule has 0 unspecified atom stereocenters. The van der Waals surface area contributed by atoms with E-state index in [1.165, 1.54) is 14.0 Å². The second-order valence-corrected chi connectivity index (χ2v) is 4.36. The number of hydrogen-bond acceptors (Lipinski definition) is 3. The first-order valence-electron chi connectivity index (χ1n) is 6.01. The molecule has 0 aliphatic carbocycles. The quantitative estimate of drug-likeness (QED) is 0.883. The Hall–Kier alpha value is -2.30. The van der Waals surface area contributed by atoms with Gasteiger partial charge in [-0.15, -0.1) is 0 Å². The van der Waals surface area contributed by atoms with Crippen molar-refractivity contribution in [3.05, 3.63) is 36.0 Å². The second kappa shape index (κ2) is 5.56. The maximum atomic E-state index is 11.6. The molecule has 1 atom stereocenters. The molecule has 1 amide bonds. The van der Waals surface area contributed by atoms with Crippen LogP contribution in [0.25, 0.3) is 10.9 Å². The Morgan fingerprint density at radius 3 is 2.79 bits per heavy atom. The highest BCUT2D eigenvalue weighted by Gasteiger charge is 2.19. The number of aromatic amines is 1. The van der Waals surface area contributed by atoms with Crippen molar-refractivity contribution in [3.63, 3.8) is 0 Å². The van der Waals surface area contributed by atoms with Gasteiger partial charge in [0.05, 0.1) is 13.2 Å². The molecule has 19 heavy (non-hydrogen) atoms. The maximum absolute atomic E-state index is 11.6. The number of aromatic nitrogens is 1. The van der Waals surface area contributed by atoms with Gasteiger partial charge < -0.3 is 15.0 Å². The lowest BCUT2D eigenvalue weighted by Gasteiger charge is -2.14. The first-order chi connectivity index (χ1) is 9.11. The summed E-state index contributed by atoms with van der Waals surface area (Å²) in [5.74, 6) is -0.101. The Morgan fingerprint density at radius 2 is 2.11 bits per heavy atom. The molecule has 0 fully saturated rings. The molecule has 1 heterocycles. The van der Waals surface area contributed by atoms with Crippen molar-refractivity contribution in [2.24, 2.45) is 0 Å². The largest absolute Gasteiger partial charge is 0.453 e. The summed E-state index contributed by atoms with van der Waals surface area (Å²) in [6, 6.07) is 7.26. The molecule has 0 aliphatic heterocycles. The molecule has 2 rings (SSSR count). The van der Waals surface area contributed by atoms with E-state index >= 15 is 0 Å². The third-order valence-electron chi connectivity index (χ3n) is 3.07. The zero-order valence-corrected chi connectivity index (χ0v) is 10.9. The first-order valence-corrected chi connectivity index (χ1v) is 6.01. The number of Topliss-reactive ketones (excluding diaryl/α,β-unsaturated/α-hetero) is 1. The van der Waals surface area contributed by atoms with Gasteiger partial charge in [0.1, 0.15) is 0 Å². The molecule has 5 nitrogen and oxygen atoms in total. The van der Waals surface area contributed by atoms with Crippen LogP contribution < -0.4 is 5.32 Å². The van der Waals surface area contributed by atoms with Crippen LogP contribution in [-0.4, -0.2) is 30.0 Å². The monoisotopic (exact) mass is 260 g/mol. The third kappa shape index (κ3) is 2.93. The number of rotatable bonds is 4. The highest BCUT2D eigenvalue weighted by atomic mass is 16.5. The van der Waals surface area contributed by atoms with Gasteiger partial charge in [0.15, 0.2) is 5.78 Å². The Morgan fingerprint density at radius 1 is 1.37 bits per heavy atom. The van der Waals surface area contributed by atoms with Gasteiger partial charge in [-0.05, 0) is 18.6 Å². The molecular weight excluding hydrogens is 244 g/mol. The van der Waals surface area contributed by atoms with E-state index in [2.05, 4.69) is 15.0 Å². The lowest BCUT2D eigenvalue weighted by Crippen LogP contribution is -2.41. The molecule has 5 heteroatoms. The third-order valence-corrected chi connectivity index (χ3v) is 3.07. The number of alkyl carbamates (subject to hydrolysis) is 1. The Kier molecular flexibility index (Phi) is 3.85. The van der Waals surface area contributed by atoms with E-state index in [4.69, 9.17) is 0 Å². The molecule has 0 bridgehead atoms. The summed E-state index contributed by atoms with van der Waals surface area (Å²) in [6.45, 7) is 1.45. The van der Waals surface area contributed by atoms with Gasteiger partial charge in [0.25, 0.3) is 0 Å². The molecule has 0 spiro atoms. The zero-order chi connectivity index (χ0) is 13.8. The van der Waals surface area contributed by atoms with E-state index in [0.717, 1.165) is 16.5 Å². The fraction of sp³-hybridized carbons (Fsp3) is 0.286. The topological polar surface area (TPSA) is 71.2 Å². The number of nitrogens with one attached hydrogen (secondary N) is 2. The van der Waals surface area contributed by atoms with E-state index in [0.29, 0.717) is 6.42 Å². The zero-order valence-electron chi connectivity index (χ0n) is 10.9. The lowest BCUT2D eigenvalue weighted by molar-refractivity contribution is -0.118. The van der Waals surface area contributed by atoms with Gasteiger partial charge in [-0.2, -0.15) is 0 Å². The SMILES string of the molecule is COC(=O)N[C@@H](Cc1c[nH]c2ccccc12)C(C)=O. The van der Waals surface area contributed by atoms with Gasteiger partial charge in [-0.25, -0.2) is 4.79 Å². The number of benzene rings is 1. The summed E-state index contributed by atoms with van der Waals surface area (Å²) in [5.41, 5.74) is 2.00. The van der Waals surface area contributed by atoms with Crippen LogP contribution in [0.3, 0.4) is 0 Å². The predicted octanol–water partition coefficient (Wildman–Crippen LogP) is 2.02. The van der Waals surface area contributed by atoms with Gasteiger partial charge >= 0.3 is 6.09 Å². The highest BCUT2D eigenvalue weighted by Crippen LogP contribution is 2.19. The second-order valence-electron chi connectivity index (χ2n) is 4.36. The van der Waals surface area contributed by atoms with Crippen LogP contribution in [-0.2, 0) is 16.0 Å². The Balaban J connectivity index is 2.21. The number of fused-ring (bicyclic) bond motifs is 1. The van der Waals surface area contributed by atoms with E-state index < -0.39 is 12.1 Å². The number of ether oxygens (including phenoxy) is 1. The fourth-order valence-corrected chi connectivity index (χ4v) is 2.02. The van der Waals surface area contributed by atoms with Crippen LogP contribution in [0.5, 0.6) is 0 Å². The smallest absolute Gasteiger partial charge is 0.407 e. The van der Waals surface area contributed by atoms with E-state index in [9.17, 15) is 9.59 Å². The molecule has 0 saturated heterocycles. The van der Waals surface area contributed by atoms with Crippen molar-refractivity contribution in [3.8, 4) is 0 Å². The number of H-pyrrole nitrogens is 1. The van der Waals surface area contributed by atoms with Crippen molar-refractivity contribution in [1.29, 1.82) is 0 Å². The van der Waals surface area contributed by atoms with Crippen LogP contribution in [0.15, 0.2) is 30.5 Å². The maximum Gasteiger partial charge on any atom is 0.407 e. The van der Waals surface area contributed by atoms with Crippen molar-refractivity contribution in [2.75, 3.05) is 7.11 Å². The molecule has 0 aliphatic rings. The molecular formula is C14H16N2O3. The lowest BCUT2D eigenvalue weighted by atomic mass is 10.0. The summed E-state index contributed by atoms with van der Waals surface area (Å²) in [4.78, 5) is 25.9. The van der Waals surface area contributed by atoms with Crippen molar-refractivity contribution in [1.82, 2.24) is 10.3 Å². The van der Waals surface area contributed by atoms with Crippen LogP contribution >= 0.6 is 0 Å². The van der Waals surface area contributed by atoms with Crippen LogP contribution in [0, 0.1) is 0 Å². The first kappa shape index (κ1) is 13.1. The van der Waals surface area contributed by atoms with Gasteiger partial charge in [-0.3, -0.25) is 4.79 Å². The minimum atomic E-state index is -0.597. The van der Waals surface area contributed by atoms with E-state index in [1.807, 2.05) is 30.5 Å². The number of ketones is 1. The molecule has 1 aromatic carbocycles. The van der Waals surface area contributed by atoms with Crippen molar-refractivity contribution in [2.45, 2.75) is 19.4 Å². The standard InChI is InChI=1S/C14H16N2O3/c1-9(17)13(16-14(18)19-2)7-10-8-15-12-6-4-3-5-11(10)12/h3-6,8,13,15H,7H2,1-2H3,(H,16,18)/t13-/m0/s1. The summed E-state index contributed by atoms with van der Waals surface area (Å²) < 4.78 is 4.53. The molecule has 2 N–H and O–H groups in total. The summed E-state index contributed by atoms with van der Waals surface area (Å²) >= 11 is 0. The molecule has 1 aromatic heterocycles. The molecule has 0 saturated carbocycles. The number of methoxy groups -OCH3 is 1. The number of para-hydroxylation sites is 1. The Labute approximate surface area is 110 Å². The van der Waals surface area contributed by atoms with E-state index in [1.54, 1.807) is 0 Å². The van der Waals surface area contributed by atoms with Crippen molar-refractivity contribution >= 4 is 22.8 Å². The van der Waals surface area contributed by atoms with Crippen LogP contribution in [0.2, 0.25) is 0 Å². The van der Waals surface area contributed by atoms with Crippen LogP contribution in [0.1, 0.15) is 12.5 Å². The molecule has 0 radical (unpaired) electrons. The highest BCUT2D eigenvalue weighted by molar-refractivity contribution is 5.88. The Bertz CT molecular complexity index is 604. The number of hydrogen-bond donors (Lipinski definition) is 2. The van der Waals surface area contributed by atoms with Gasteiger partial charge in [0, 0.05) is 23.5 Å². The average molecular weight is 260 g/mol. The minimum Gasteiger partial charge on any atom is -0.453 e. The number of carbonyl (C=O) groups is 2. The summed E-state index contributed by atoms with van der Waals surface area (Å²) in [7, 11) is 1.28. The van der Waals surface area contributed by atoms with E-state index in [-0.39, 0.29) is 5.78 Å². The average Bonchev–Trinajstić information content (AvgIpc) is 2.81. The minimum absolute atomic E-state index is 0.101. The summed E-state index contributed by atoms with van der Waals surface area (Å²) in [5, 5.41) is 3.60. The normalized spacial score (nSPS) is 12.1. The van der Waals surface area contributed by atoms with Gasteiger partial charge in [-0.1, -0.05) is 18.2 Å². The van der Waals surface area contributed by atoms with Gasteiger partial charge in [0.2, 0.25) is 0 Å². The fourth-order valence-electron chi connectivity index (χ4n) is 2.02. The number of carbonyl (C=O) groups excluding carboxylic acids is 2. The molecule has 2 aromatic rings. The predicted molar refractivity (Wildman–Crippen MR) is 72.0 cm³/mol. The van der Waals surface area contributed by atoms with Crippen LogP contribution in [0.4, 0.5) is 4.79 Å². The number of amides is 1. The molecule has 100 valence electrons.